The minimum Gasteiger partial charge on any atom is -0.377 e. The first-order chi connectivity index (χ1) is 12.6. The van der Waals surface area contributed by atoms with Gasteiger partial charge in [0, 0.05) is 28.8 Å². The number of imidazole rings is 1. The molecule has 1 unspecified atom stereocenters. The number of hydrogen-bond donors (Lipinski definition) is 2. The van der Waals surface area contributed by atoms with Gasteiger partial charge in [-0.15, -0.1) is 0 Å². The van der Waals surface area contributed by atoms with Gasteiger partial charge in [-0.05, 0) is 43.3 Å². The summed E-state index contributed by atoms with van der Waals surface area (Å²) in [5.74, 6) is 0. The van der Waals surface area contributed by atoms with E-state index in [9.17, 15) is 4.79 Å². The maximum Gasteiger partial charge on any atom is 0.272 e. The van der Waals surface area contributed by atoms with Crippen LogP contribution in [0.3, 0.4) is 0 Å². The number of rotatable bonds is 4. The molecular weight excluding hydrogens is 350 g/mol. The molecule has 0 aliphatic heterocycles. The molecular formula is C19H16ClN5O. The second kappa shape index (κ2) is 6.65. The first kappa shape index (κ1) is 16.4. The summed E-state index contributed by atoms with van der Waals surface area (Å²) in [5, 5.41) is 3.91. The van der Waals surface area contributed by atoms with E-state index < -0.39 is 0 Å². The van der Waals surface area contributed by atoms with Gasteiger partial charge in [0.15, 0.2) is 0 Å². The summed E-state index contributed by atoms with van der Waals surface area (Å²) in [4.78, 5) is 23.8. The van der Waals surface area contributed by atoms with Crippen LogP contribution in [0.5, 0.6) is 0 Å². The number of anilines is 1. The highest BCUT2D eigenvalue weighted by Gasteiger charge is 2.13. The summed E-state index contributed by atoms with van der Waals surface area (Å²) < 4.78 is 1.92. The molecule has 0 bridgehead atoms. The normalized spacial score (nSPS) is 12.2. The average molecular weight is 366 g/mol. The second-order valence-corrected chi connectivity index (χ2v) is 6.44. The fraction of sp³-hybridized carbons (Fsp3) is 0.105. The molecule has 4 aromatic rings. The van der Waals surface area contributed by atoms with Gasteiger partial charge in [-0.1, -0.05) is 17.7 Å². The van der Waals surface area contributed by atoms with Crippen LogP contribution in [0.15, 0.2) is 66.0 Å². The van der Waals surface area contributed by atoms with Crippen molar-refractivity contribution in [2.24, 2.45) is 0 Å². The van der Waals surface area contributed by atoms with Gasteiger partial charge in [0.2, 0.25) is 0 Å². The zero-order chi connectivity index (χ0) is 18.1. The fourth-order valence-electron chi connectivity index (χ4n) is 2.85. The van der Waals surface area contributed by atoms with Crippen molar-refractivity contribution in [3.05, 3.63) is 82.3 Å². The Kier molecular flexibility index (Phi) is 4.18. The van der Waals surface area contributed by atoms with Crippen LogP contribution < -0.4 is 10.9 Å². The predicted octanol–water partition coefficient (Wildman–Crippen LogP) is 3.94. The van der Waals surface area contributed by atoms with Crippen LogP contribution in [0.1, 0.15) is 18.7 Å². The molecule has 6 nitrogen and oxygen atoms in total. The molecule has 2 heterocycles. The molecule has 0 amide bonds. The zero-order valence-corrected chi connectivity index (χ0v) is 14.7. The topological polar surface area (TPSA) is 75.6 Å². The first-order valence-electron chi connectivity index (χ1n) is 8.14. The highest BCUT2D eigenvalue weighted by atomic mass is 35.5. The molecule has 2 aromatic heterocycles. The number of H-pyrrole nitrogens is 1. The lowest BCUT2D eigenvalue weighted by molar-refractivity contribution is 0.823. The highest BCUT2D eigenvalue weighted by molar-refractivity contribution is 6.31. The molecule has 0 fully saturated rings. The molecule has 4 rings (SSSR count). The summed E-state index contributed by atoms with van der Waals surface area (Å²) in [6.45, 7) is 1.90. The Balaban J connectivity index is 1.65. The Bertz CT molecular complexity index is 1120. The number of benzene rings is 2. The van der Waals surface area contributed by atoms with Crippen molar-refractivity contribution in [2.45, 2.75) is 13.0 Å². The molecule has 0 spiro atoms. The van der Waals surface area contributed by atoms with E-state index in [1.54, 1.807) is 30.7 Å². The van der Waals surface area contributed by atoms with Gasteiger partial charge in [0.25, 0.3) is 5.56 Å². The first-order valence-corrected chi connectivity index (χ1v) is 8.52. The number of aromatic nitrogens is 4. The standard InChI is InChI=1S/C19H16ClN5O/c1-12(18-19(26)24-16-6-5-13(20)9-17(16)23-18)22-14-3-2-4-15(10-14)25-8-7-21-11-25/h2-12,22H,1H3,(H,24,26). The van der Waals surface area contributed by atoms with Crippen LogP contribution in [0.4, 0.5) is 5.69 Å². The van der Waals surface area contributed by atoms with Gasteiger partial charge in [0.1, 0.15) is 5.69 Å². The number of fused-ring (bicyclic) bond motifs is 1. The molecule has 1 atom stereocenters. The molecule has 2 N–H and O–H groups in total. The second-order valence-electron chi connectivity index (χ2n) is 6.00. The van der Waals surface area contributed by atoms with Crippen molar-refractivity contribution in [1.82, 2.24) is 19.5 Å². The van der Waals surface area contributed by atoms with E-state index in [-0.39, 0.29) is 11.6 Å². The third-order valence-electron chi connectivity index (χ3n) is 4.12. The average Bonchev–Trinajstić information content (AvgIpc) is 3.16. The summed E-state index contributed by atoms with van der Waals surface area (Å²) in [6, 6.07) is 12.8. The van der Waals surface area contributed by atoms with E-state index in [1.165, 1.54) is 0 Å². The highest BCUT2D eigenvalue weighted by Crippen LogP contribution is 2.21. The van der Waals surface area contributed by atoms with Crippen molar-refractivity contribution in [3.8, 4) is 5.69 Å². The number of aromatic amines is 1. The largest absolute Gasteiger partial charge is 0.377 e. The molecule has 0 aliphatic rings. The van der Waals surface area contributed by atoms with E-state index >= 15 is 0 Å². The Labute approximate surface area is 154 Å². The molecule has 0 saturated heterocycles. The zero-order valence-electron chi connectivity index (χ0n) is 14.0. The Morgan fingerprint density at radius 2 is 2.12 bits per heavy atom. The molecule has 2 aromatic carbocycles. The third kappa shape index (κ3) is 3.19. The van der Waals surface area contributed by atoms with Crippen molar-refractivity contribution in [2.75, 3.05) is 5.32 Å². The van der Waals surface area contributed by atoms with Crippen LogP contribution in [0.2, 0.25) is 5.02 Å². The van der Waals surface area contributed by atoms with E-state index in [0.29, 0.717) is 21.7 Å². The molecule has 7 heteroatoms. The van der Waals surface area contributed by atoms with Crippen molar-refractivity contribution < 1.29 is 0 Å². The number of hydrogen-bond acceptors (Lipinski definition) is 4. The van der Waals surface area contributed by atoms with Gasteiger partial charge in [-0.2, -0.15) is 0 Å². The van der Waals surface area contributed by atoms with Crippen molar-refractivity contribution >= 4 is 28.3 Å². The van der Waals surface area contributed by atoms with E-state index in [0.717, 1.165) is 11.4 Å². The summed E-state index contributed by atoms with van der Waals surface area (Å²) in [5.41, 5.74) is 3.38. The molecule has 26 heavy (non-hydrogen) atoms. The molecule has 0 aliphatic carbocycles. The smallest absolute Gasteiger partial charge is 0.272 e. The van der Waals surface area contributed by atoms with Crippen LogP contribution in [0.25, 0.3) is 16.7 Å². The van der Waals surface area contributed by atoms with Crippen LogP contribution in [0, 0.1) is 0 Å². The molecule has 130 valence electrons. The van der Waals surface area contributed by atoms with E-state index in [4.69, 9.17) is 11.6 Å². The Morgan fingerprint density at radius 1 is 1.23 bits per heavy atom. The van der Waals surface area contributed by atoms with Crippen molar-refractivity contribution in [1.29, 1.82) is 0 Å². The van der Waals surface area contributed by atoms with Gasteiger partial charge >= 0.3 is 0 Å². The summed E-state index contributed by atoms with van der Waals surface area (Å²) >= 11 is 6.03. The van der Waals surface area contributed by atoms with Crippen LogP contribution in [-0.4, -0.2) is 19.5 Å². The Morgan fingerprint density at radius 3 is 2.92 bits per heavy atom. The maximum absolute atomic E-state index is 12.4. The SMILES string of the molecule is CC(Nc1cccc(-n2ccnc2)c1)c1nc2cc(Cl)ccc2[nH]c1=O. The lowest BCUT2D eigenvalue weighted by Gasteiger charge is -2.15. The fourth-order valence-corrected chi connectivity index (χ4v) is 3.02. The maximum atomic E-state index is 12.4. The summed E-state index contributed by atoms with van der Waals surface area (Å²) in [7, 11) is 0. The van der Waals surface area contributed by atoms with Crippen LogP contribution >= 0.6 is 11.6 Å². The van der Waals surface area contributed by atoms with E-state index in [1.807, 2.05) is 42.0 Å². The van der Waals surface area contributed by atoms with E-state index in [2.05, 4.69) is 20.3 Å². The van der Waals surface area contributed by atoms with Crippen molar-refractivity contribution in [3.63, 3.8) is 0 Å². The van der Waals surface area contributed by atoms with Gasteiger partial charge in [0.05, 0.1) is 23.4 Å². The minimum absolute atomic E-state index is 0.217. The van der Waals surface area contributed by atoms with Gasteiger partial charge in [-0.3, -0.25) is 4.79 Å². The van der Waals surface area contributed by atoms with Gasteiger partial charge in [-0.25, -0.2) is 9.97 Å². The number of nitrogens with one attached hydrogen (secondary N) is 2. The lowest BCUT2D eigenvalue weighted by atomic mass is 10.2. The molecule has 0 saturated carbocycles. The monoisotopic (exact) mass is 365 g/mol. The number of nitrogens with zero attached hydrogens (tertiary/aromatic N) is 3. The predicted molar refractivity (Wildman–Crippen MR) is 103 cm³/mol. The quantitative estimate of drug-likeness (QED) is 0.574. The Hall–Kier alpha value is -3.12. The lowest BCUT2D eigenvalue weighted by Crippen LogP contribution is -2.21. The van der Waals surface area contributed by atoms with Crippen LogP contribution in [-0.2, 0) is 0 Å². The minimum atomic E-state index is -0.278. The van der Waals surface area contributed by atoms with Gasteiger partial charge < -0.3 is 14.9 Å². The summed E-state index contributed by atoms with van der Waals surface area (Å²) in [6.07, 6.45) is 5.34. The number of halogens is 1. The third-order valence-corrected chi connectivity index (χ3v) is 4.36. The molecule has 0 radical (unpaired) electrons.